The van der Waals surface area contributed by atoms with E-state index in [1.165, 1.54) is 0 Å². The minimum Gasteiger partial charge on any atom is -0.465 e. The predicted molar refractivity (Wildman–Crippen MR) is 158 cm³/mol. The highest BCUT2D eigenvalue weighted by Crippen LogP contribution is 2.66. The standard InChI is InChI=1S/C33H52N2O6/c1-7-9-10-14-18-40-31(39)27-26-29(37)35(25(21-36)19-22(3)4)28(33(26)20-23(5)32(27,6)41-33)30(38)34(17-8-2)24-15-12-11-13-16-24/h7-8,22-28,36H,1-2,9-21H2,3-6H3/t23?,25-,26+,27-,28?,32+,33?/m1/s1. The van der Waals surface area contributed by atoms with Gasteiger partial charge in [0.25, 0.3) is 0 Å². The molecule has 41 heavy (non-hydrogen) atoms. The van der Waals surface area contributed by atoms with E-state index >= 15 is 0 Å². The minimum atomic E-state index is -1.15. The maximum atomic E-state index is 14.8. The van der Waals surface area contributed by atoms with Crippen LogP contribution in [0.25, 0.3) is 0 Å². The normalized spacial score (nSPS) is 33.6. The summed E-state index contributed by atoms with van der Waals surface area (Å²) in [5.41, 5.74) is -2.06. The van der Waals surface area contributed by atoms with Crippen LogP contribution < -0.4 is 0 Å². The van der Waals surface area contributed by atoms with Crippen molar-refractivity contribution < 1.29 is 29.0 Å². The number of aliphatic hydroxyl groups is 1. The number of ether oxygens (including phenoxy) is 2. The van der Waals surface area contributed by atoms with E-state index in [0.717, 1.165) is 44.9 Å². The molecule has 3 saturated heterocycles. The Labute approximate surface area is 246 Å². The number of esters is 1. The summed E-state index contributed by atoms with van der Waals surface area (Å²) in [5, 5.41) is 10.6. The van der Waals surface area contributed by atoms with Gasteiger partial charge in [-0.1, -0.05) is 52.2 Å². The van der Waals surface area contributed by atoms with Gasteiger partial charge < -0.3 is 24.4 Å². The lowest BCUT2D eigenvalue weighted by Crippen LogP contribution is -2.60. The van der Waals surface area contributed by atoms with Gasteiger partial charge in [-0.25, -0.2) is 0 Å². The molecule has 0 aromatic heterocycles. The van der Waals surface area contributed by atoms with Crippen molar-refractivity contribution in [1.82, 2.24) is 9.80 Å². The first-order valence-corrected chi connectivity index (χ1v) is 15.9. The predicted octanol–water partition coefficient (Wildman–Crippen LogP) is 4.65. The number of hydrogen-bond acceptors (Lipinski definition) is 6. The summed E-state index contributed by atoms with van der Waals surface area (Å²) in [7, 11) is 0. The van der Waals surface area contributed by atoms with Crippen molar-refractivity contribution in [2.75, 3.05) is 19.8 Å². The molecule has 0 radical (unpaired) electrons. The molecule has 1 saturated carbocycles. The number of carbonyl (C=O) groups is 3. The molecule has 2 amide bonds. The molecule has 0 aromatic carbocycles. The molecule has 1 N–H and O–H groups in total. The second kappa shape index (κ2) is 13.0. The van der Waals surface area contributed by atoms with Gasteiger partial charge in [0.1, 0.15) is 17.6 Å². The zero-order valence-electron chi connectivity index (χ0n) is 25.7. The monoisotopic (exact) mass is 572 g/mol. The third-order valence-electron chi connectivity index (χ3n) is 10.3. The molecule has 4 rings (SSSR count). The molecule has 8 heteroatoms. The van der Waals surface area contributed by atoms with Crippen LogP contribution in [0.2, 0.25) is 0 Å². The maximum absolute atomic E-state index is 14.8. The molecule has 8 nitrogen and oxygen atoms in total. The van der Waals surface area contributed by atoms with Crippen molar-refractivity contribution in [3.63, 3.8) is 0 Å². The van der Waals surface area contributed by atoms with Gasteiger partial charge in [-0.2, -0.15) is 0 Å². The highest BCUT2D eigenvalue weighted by atomic mass is 16.6. The molecule has 230 valence electrons. The van der Waals surface area contributed by atoms with Crippen molar-refractivity contribution in [3.05, 3.63) is 25.3 Å². The average molecular weight is 573 g/mol. The summed E-state index contributed by atoms with van der Waals surface area (Å²) in [4.78, 5) is 46.6. The highest BCUT2D eigenvalue weighted by Gasteiger charge is 2.80. The van der Waals surface area contributed by atoms with Crippen LogP contribution in [0, 0.1) is 23.7 Å². The van der Waals surface area contributed by atoms with E-state index in [-0.39, 0.29) is 42.9 Å². The van der Waals surface area contributed by atoms with Crippen LogP contribution in [0.5, 0.6) is 0 Å². The number of fused-ring (bicyclic) bond motifs is 1. The lowest BCUT2D eigenvalue weighted by molar-refractivity contribution is -0.164. The smallest absolute Gasteiger partial charge is 0.312 e. The quantitative estimate of drug-likeness (QED) is 0.185. The van der Waals surface area contributed by atoms with Crippen molar-refractivity contribution in [2.45, 2.75) is 121 Å². The third kappa shape index (κ3) is 5.63. The van der Waals surface area contributed by atoms with Crippen LogP contribution in [-0.2, 0) is 23.9 Å². The van der Waals surface area contributed by atoms with Gasteiger partial charge in [0, 0.05) is 12.6 Å². The number of carbonyl (C=O) groups excluding carboxylic acids is 3. The largest absolute Gasteiger partial charge is 0.465 e. The van der Waals surface area contributed by atoms with E-state index in [9.17, 15) is 19.5 Å². The van der Waals surface area contributed by atoms with E-state index in [1.807, 2.05) is 38.7 Å². The average Bonchev–Trinajstić information content (AvgIpc) is 3.46. The van der Waals surface area contributed by atoms with Crippen molar-refractivity contribution in [2.24, 2.45) is 23.7 Å². The number of likely N-dealkylation sites (tertiary alicyclic amines) is 1. The lowest BCUT2D eigenvalue weighted by atomic mass is 9.62. The fraction of sp³-hybridized carbons (Fsp3) is 0.788. The number of rotatable bonds is 14. The Morgan fingerprint density at radius 1 is 1.20 bits per heavy atom. The topological polar surface area (TPSA) is 96.4 Å². The molecule has 4 fully saturated rings. The summed E-state index contributed by atoms with van der Waals surface area (Å²) in [5.74, 6) is -2.33. The Bertz CT molecular complexity index is 992. The Hall–Kier alpha value is -2.19. The van der Waals surface area contributed by atoms with Crippen LogP contribution in [0.15, 0.2) is 25.3 Å². The first-order valence-electron chi connectivity index (χ1n) is 15.9. The van der Waals surface area contributed by atoms with Gasteiger partial charge in [-0.15, -0.1) is 13.2 Å². The molecular weight excluding hydrogens is 520 g/mol. The van der Waals surface area contributed by atoms with Crippen molar-refractivity contribution >= 4 is 17.8 Å². The van der Waals surface area contributed by atoms with Crippen LogP contribution >= 0.6 is 0 Å². The van der Waals surface area contributed by atoms with Gasteiger partial charge in [-0.05, 0) is 63.7 Å². The van der Waals surface area contributed by atoms with Gasteiger partial charge >= 0.3 is 5.97 Å². The van der Waals surface area contributed by atoms with Gasteiger partial charge in [0.05, 0.1) is 30.8 Å². The second-order valence-corrected chi connectivity index (χ2v) is 13.4. The summed E-state index contributed by atoms with van der Waals surface area (Å²) in [6.07, 6.45) is 12.2. The molecule has 4 aliphatic rings. The highest BCUT2D eigenvalue weighted by molar-refractivity contribution is 5.99. The molecule has 2 bridgehead atoms. The first kappa shape index (κ1) is 31.7. The summed E-state index contributed by atoms with van der Waals surface area (Å²) < 4.78 is 12.7. The number of unbranched alkanes of at least 4 members (excludes halogenated alkanes) is 2. The van der Waals surface area contributed by atoms with E-state index < -0.39 is 41.1 Å². The molecule has 3 unspecified atom stereocenters. The van der Waals surface area contributed by atoms with Gasteiger partial charge in [0.15, 0.2) is 0 Å². The zero-order chi connectivity index (χ0) is 29.9. The number of allylic oxidation sites excluding steroid dienone is 1. The Kier molecular flexibility index (Phi) is 10.1. The molecule has 1 aliphatic carbocycles. The van der Waals surface area contributed by atoms with Crippen LogP contribution in [0.1, 0.15) is 91.9 Å². The summed E-state index contributed by atoms with van der Waals surface area (Å²) in [6, 6.07) is -1.38. The fourth-order valence-corrected chi connectivity index (χ4v) is 8.29. The van der Waals surface area contributed by atoms with Crippen LogP contribution in [0.4, 0.5) is 0 Å². The molecule has 3 heterocycles. The lowest BCUT2D eigenvalue weighted by Gasteiger charge is -2.42. The zero-order valence-corrected chi connectivity index (χ0v) is 25.7. The maximum Gasteiger partial charge on any atom is 0.312 e. The molecule has 7 atom stereocenters. The van der Waals surface area contributed by atoms with Crippen molar-refractivity contribution in [1.29, 1.82) is 0 Å². The molecular formula is C33H52N2O6. The number of amides is 2. The Balaban J connectivity index is 1.75. The molecule has 0 aromatic rings. The second-order valence-electron chi connectivity index (χ2n) is 13.4. The SMILES string of the molecule is C=CCCCCOC(=O)[C@H]1[C@H]2C(=O)N([C@@H](CO)CC(C)C)C(C(=O)N(CC=C)C3CCCCC3)C23CC(C)[C@]1(C)O3. The minimum absolute atomic E-state index is 0.0553. The van der Waals surface area contributed by atoms with E-state index in [2.05, 4.69) is 13.2 Å². The number of hydrogen-bond donors (Lipinski definition) is 1. The molecule has 3 aliphatic heterocycles. The van der Waals surface area contributed by atoms with Gasteiger partial charge in [0.2, 0.25) is 11.8 Å². The number of nitrogens with zero attached hydrogens (tertiary/aromatic N) is 2. The van der Waals surface area contributed by atoms with E-state index in [1.54, 1.807) is 11.0 Å². The Morgan fingerprint density at radius 2 is 1.90 bits per heavy atom. The van der Waals surface area contributed by atoms with E-state index in [4.69, 9.17) is 9.47 Å². The summed E-state index contributed by atoms with van der Waals surface area (Å²) >= 11 is 0. The van der Waals surface area contributed by atoms with Crippen LogP contribution in [0.3, 0.4) is 0 Å². The summed E-state index contributed by atoms with van der Waals surface area (Å²) in [6.45, 7) is 16.1. The molecule has 1 spiro atoms. The van der Waals surface area contributed by atoms with E-state index in [0.29, 0.717) is 25.8 Å². The Morgan fingerprint density at radius 3 is 2.51 bits per heavy atom. The third-order valence-corrected chi connectivity index (χ3v) is 10.3. The van der Waals surface area contributed by atoms with Crippen molar-refractivity contribution in [3.8, 4) is 0 Å². The first-order chi connectivity index (χ1) is 19.6. The van der Waals surface area contributed by atoms with Crippen LogP contribution in [-0.4, -0.2) is 81.8 Å². The van der Waals surface area contributed by atoms with Gasteiger partial charge in [-0.3, -0.25) is 14.4 Å². The number of aliphatic hydroxyl groups excluding tert-OH is 1. The fourth-order valence-electron chi connectivity index (χ4n) is 8.29.